The molecule has 0 aliphatic rings. The summed E-state index contributed by atoms with van der Waals surface area (Å²) in [6, 6.07) is 14.6. The van der Waals surface area contributed by atoms with Crippen LogP contribution in [0.15, 0.2) is 67.1 Å². The molecular weight excluding hydrogens is 378 g/mol. The minimum absolute atomic E-state index is 0.315. The molecule has 152 valence electrons. The Bertz CT molecular complexity index is 1170. The highest BCUT2D eigenvalue weighted by Crippen LogP contribution is 2.28. The van der Waals surface area contributed by atoms with Gasteiger partial charge >= 0.3 is 6.03 Å². The predicted octanol–water partition coefficient (Wildman–Crippen LogP) is 5.16. The van der Waals surface area contributed by atoms with Crippen LogP contribution in [0.3, 0.4) is 0 Å². The van der Waals surface area contributed by atoms with Crippen molar-refractivity contribution in [3.63, 3.8) is 0 Å². The molecule has 30 heavy (non-hydrogen) atoms. The Morgan fingerprint density at radius 1 is 1.00 bits per heavy atom. The van der Waals surface area contributed by atoms with Crippen molar-refractivity contribution in [3.05, 3.63) is 67.1 Å². The second kappa shape index (κ2) is 8.65. The van der Waals surface area contributed by atoms with Crippen LogP contribution in [-0.4, -0.2) is 27.4 Å². The number of amides is 2. The Balaban J connectivity index is 1.47. The van der Waals surface area contributed by atoms with Crippen LogP contribution in [0.5, 0.6) is 5.75 Å². The van der Waals surface area contributed by atoms with Gasteiger partial charge in [0, 0.05) is 41.1 Å². The summed E-state index contributed by atoms with van der Waals surface area (Å²) in [6.45, 7) is 5.34. The Labute approximate surface area is 174 Å². The van der Waals surface area contributed by atoms with Crippen LogP contribution < -0.4 is 15.4 Å². The van der Waals surface area contributed by atoms with Gasteiger partial charge in [0.2, 0.25) is 0 Å². The number of hydrogen-bond acceptors (Lipinski definition) is 4. The summed E-state index contributed by atoms with van der Waals surface area (Å²) < 4.78 is 7.38. The smallest absolute Gasteiger partial charge is 0.323 e. The quantitative estimate of drug-likeness (QED) is 0.468. The first kappa shape index (κ1) is 19.4. The average molecular weight is 401 g/mol. The Morgan fingerprint density at radius 2 is 1.80 bits per heavy atom. The lowest BCUT2D eigenvalue weighted by Crippen LogP contribution is -2.19. The molecule has 0 atom stereocenters. The number of urea groups is 1. The van der Waals surface area contributed by atoms with Gasteiger partial charge < -0.3 is 15.4 Å². The third kappa shape index (κ3) is 4.10. The van der Waals surface area contributed by atoms with Gasteiger partial charge in [-0.2, -0.15) is 5.10 Å². The van der Waals surface area contributed by atoms with Crippen LogP contribution >= 0.6 is 0 Å². The number of hydrogen-bond donors (Lipinski definition) is 2. The Kier molecular flexibility index (Phi) is 5.61. The number of anilines is 2. The number of aryl methyl sites for hydroxylation is 1. The molecule has 0 radical (unpaired) electrons. The molecule has 0 aliphatic carbocycles. The first-order valence-corrected chi connectivity index (χ1v) is 9.88. The lowest BCUT2D eigenvalue weighted by molar-refractivity contribution is 0.262. The molecule has 4 aromatic rings. The molecule has 0 aliphatic heterocycles. The molecule has 0 fully saturated rings. The van der Waals surface area contributed by atoms with E-state index in [9.17, 15) is 4.79 Å². The number of pyridine rings is 1. The van der Waals surface area contributed by atoms with E-state index in [1.165, 1.54) is 0 Å². The fourth-order valence-corrected chi connectivity index (χ4v) is 3.33. The van der Waals surface area contributed by atoms with Crippen molar-refractivity contribution in [2.75, 3.05) is 17.2 Å². The average Bonchev–Trinajstić information content (AvgIpc) is 3.18. The lowest BCUT2D eigenvalue weighted by Gasteiger charge is -2.10. The van der Waals surface area contributed by atoms with E-state index in [1.807, 2.05) is 72.7 Å². The topological polar surface area (TPSA) is 81.1 Å². The van der Waals surface area contributed by atoms with Crippen LogP contribution in [0, 0.1) is 0 Å². The highest BCUT2D eigenvalue weighted by atomic mass is 16.5. The van der Waals surface area contributed by atoms with E-state index in [0.29, 0.717) is 23.7 Å². The maximum Gasteiger partial charge on any atom is 0.323 e. The monoisotopic (exact) mass is 401 g/mol. The zero-order valence-corrected chi connectivity index (χ0v) is 16.9. The van der Waals surface area contributed by atoms with Gasteiger partial charge in [-0.15, -0.1) is 0 Å². The summed E-state index contributed by atoms with van der Waals surface area (Å²) in [5.74, 6) is 0.717. The van der Waals surface area contributed by atoms with Crippen LogP contribution in [0.4, 0.5) is 16.2 Å². The number of aromatic nitrogens is 3. The second-order valence-electron chi connectivity index (χ2n) is 6.70. The molecule has 2 N–H and O–H groups in total. The summed E-state index contributed by atoms with van der Waals surface area (Å²) in [7, 11) is 0. The Hall–Kier alpha value is -3.87. The third-order valence-corrected chi connectivity index (χ3v) is 4.73. The van der Waals surface area contributed by atoms with Crippen LogP contribution in [0.2, 0.25) is 0 Å². The van der Waals surface area contributed by atoms with Gasteiger partial charge in [-0.3, -0.25) is 9.67 Å². The first-order valence-electron chi connectivity index (χ1n) is 9.88. The zero-order chi connectivity index (χ0) is 20.9. The Morgan fingerprint density at radius 3 is 2.57 bits per heavy atom. The van der Waals surface area contributed by atoms with Crippen LogP contribution in [0.1, 0.15) is 13.8 Å². The van der Waals surface area contributed by atoms with Crippen molar-refractivity contribution < 1.29 is 9.53 Å². The molecule has 2 aromatic carbocycles. The number of benzene rings is 2. The number of rotatable bonds is 6. The minimum atomic E-state index is -0.315. The van der Waals surface area contributed by atoms with Gasteiger partial charge in [-0.1, -0.05) is 18.2 Å². The first-order chi connectivity index (χ1) is 14.7. The maximum atomic E-state index is 12.3. The molecule has 0 bridgehead atoms. The van der Waals surface area contributed by atoms with Crippen LogP contribution in [-0.2, 0) is 6.54 Å². The fraction of sp³-hybridized carbons (Fsp3) is 0.174. The zero-order valence-electron chi connectivity index (χ0n) is 16.9. The van der Waals surface area contributed by atoms with E-state index < -0.39 is 0 Å². The molecule has 2 aromatic heterocycles. The molecule has 0 unspecified atom stereocenters. The fourth-order valence-electron chi connectivity index (χ4n) is 3.33. The number of nitrogens with one attached hydrogen (secondary N) is 2. The third-order valence-electron chi connectivity index (χ3n) is 4.73. The summed E-state index contributed by atoms with van der Waals surface area (Å²) in [5.41, 5.74) is 4.39. The number of carbonyl (C=O) groups is 1. The van der Waals surface area contributed by atoms with Crippen molar-refractivity contribution in [1.82, 2.24) is 14.8 Å². The summed E-state index contributed by atoms with van der Waals surface area (Å²) >= 11 is 0. The van der Waals surface area contributed by atoms with Crippen molar-refractivity contribution >= 4 is 28.3 Å². The molecule has 7 heteroatoms. The standard InChI is InChI=1S/C23H23N5O2/c1-3-28-22-15-24-13-20(21(22)14-25-28)16-8-10-17(11-9-16)26-23(29)27-18-6-5-7-19(12-18)30-4-2/h5-15H,3-4H2,1-2H3,(H2,26,27,29). The van der Waals surface area contributed by atoms with E-state index >= 15 is 0 Å². The predicted molar refractivity (Wildman–Crippen MR) is 119 cm³/mol. The molecule has 0 saturated heterocycles. The number of fused-ring (bicyclic) bond motifs is 1. The van der Waals surface area contributed by atoms with E-state index in [0.717, 1.165) is 28.6 Å². The molecule has 0 spiro atoms. The van der Waals surface area contributed by atoms with Gasteiger partial charge in [-0.05, 0) is 43.7 Å². The number of ether oxygens (including phenoxy) is 1. The van der Waals surface area contributed by atoms with Gasteiger partial charge in [0.15, 0.2) is 0 Å². The highest BCUT2D eigenvalue weighted by molar-refractivity contribution is 6.00. The number of nitrogens with zero attached hydrogens (tertiary/aromatic N) is 3. The van der Waals surface area contributed by atoms with Gasteiger partial charge in [0.05, 0.1) is 24.5 Å². The summed E-state index contributed by atoms with van der Waals surface area (Å²) in [4.78, 5) is 16.7. The molecule has 0 saturated carbocycles. The van der Waals surface area contributed by atoms with Gasteiger partial charge in [0.25, 0.3) is 0 Å². The van der Waals surface area contributed by atoms with E-state index in [2.05, 4.69) is 27.6 Å². The molecular formula is C23H23N5O2. The normalized spacial score (nSPS) is 10.7. The SMILES string of the molecule is CCOc1cccc(NC(=O)Nc2ccc(-c3cncc4c3cnn4CC)cc2)c1. The summed E-state index contributed by atoms with van der Waals surface area (Å²) in [6.07, 6.45) is 5.53. The van der Waals surface area contributed by atoms with Crippen molar-refractivity contribution in [3.8, 4) is 16.9 Å². The summed E-state index contributed by atoms with van der Waals surface area (Å²) in [5, 5.41) is 11.1. The van der Waals surface area contributed by atoms with E-state index in [4.69, 9.17) is 4.74 Å². The molecule has 2 heterocycles. The van der Waals surface area contributed by atoms with Crippen molar-refractivity contribution in [2.45, 2.75) is 20.4 Å². The van der Waals surface area contributed by atoms with Crippen molar-refractivity contribution in [2.24, 2.45) is 0 Å². The van der Waals surface area contributed by atoms with Gasteiger partial charge in [-0.25, -0.2) is 4.79 Å². The van der Waals surface area contributed by atoms with E-state index in [1.54, 1.807) is 6.07 Å². The minimum Gasteiger partial charge on any atom is -0.494 e. The lowest BCUT2D eigenvalue weighted by atomic mass is 10.0. The molecule has 2 amide bonds. The second-order valence-corrected chi connectivity index (χ2v) is 6.70. The highest BCUT2D eigenvalue weighted by Gasteiger charge is 2.09. The van der Waals surface area contributed by atoms with Crippen molar-refractivity contribution in [1.29, 1.82) is 0 Å². The molecule has 7 nitrogen and oxygen atoms in total. The van der Waals surface area contributed by atoms with E-state index in [-0.39, 0.29) is 6.03 Å². The van der Waals surface area contributed by atoms with Crippen LogP contribution in [0.25, 0.3) is 22.0 Å². The molecule has 4 rings (SSSR count). The number of carbonyl (C=O) groups excluding carboxylic acids is 1. The van der Waals surface area contributed by atoms with Gasteiger partial charge in [0.1, 0.15) is 5.75 Å². The maximum absolute atomic E-state index is 12.3. The largest absolute Gasteiger partial charge is 0.494 e.